The van der Waals surface area contributed by atoms with E-state index in [0.717, 1.165) is 12.8 Å². The maximum absolute atomic E-state index is 12.7. The van der Waals surface area contributed by atoms with Gasteiger partial charge in [-0.3, -0.25) is 0 Å². The fourth-order valence-electron chi connectivity index (χ4n) is 2.00. The molecule has 1 aliphatic carbocycles. The molecule has 1 fully saturated rings. The van der Waals surface area contributed by atoms with Crippen molar-refractivity contribution in [2.24, 2.45) is 5.92 Å². The number of hydrogen-bond acceptors (Lipinski definition) is 4. The van der Waals surface area contributed by atoms with Crippen LogP contribution in [-0.2, 0) is 6.18 Å². The summed E-state index contributed by atoms with van der Waals surface area (Å²) in [7, 11) is 1.53. The molecular formula is C12H17F3N4. The van der Waals surface area contributed by atoms with Gasteiger partial charge in [-0.2, -0.15) is 13.2 Å². The van der Waals surface area contributed by atoms with Crippen molar-refractivity contribution in [2.45, 2.75) is 38.4 Å². The Morgan fingerprint density at radius 3 is 2.21 bits per heavy atom. The second kappa shape index (κ2) is 4.54. The van der Waals surface area contributed by atoms with E-state index in [1.165, 1.54) is 13.1 Å². The van der Waals surface area contributed by atoms with Crippen LogP contribution in [0.3, 0.4) is 0 Å². The maximum Gasteiger partial charge on any atom is 0.451 e. The van der Waals surface area contributed by atoms with Crippen LogP contribution in [0.25, 0.3) is 0 Å². The first-order valence-electron chi connectivity index (χ1n) is 6.14. The molecule has 0 spiro atoms. The van der Waals surface area contributed by atoms with Gasteiger partial charge < -0.3 is 10.6 Å². The van der Waals surface area contributed by atoms with Crippen molar-refractivity contribution >= 4 is 11.6 Å². The van der Waals surface area contributed by atoms with Crippen LogP contribution in [0.4, 0.5) is 24.8 Å². The third kappa shape index (κ3) is 3.27. The number of anilines is 2. The Morgan fingerprint density at radius 2 is 1.74 bits per heavy atom. The highest BCUT2D eigenvalue weighted by atomic mass is 19.4. The van der Waals surface area contributed by atoms with E-state index < -0.39 is 12.0 Å². The number of halogens is 3. The van der Waals surface area contributed by atoms with Crippen LogP contribution in [0.15, 0.2) is 6.07 Å². The van der Waals surface area contributed by atoms with Crippen molar-refractivity contribution < 1.29 is 13.2 Å². The van der Waals surface area contributed by atoms with Crippen LogP contribution in [-0.4, -0.2) is 22.6 Å². The summed E-state index contributed by atoms with van der Waals surface area (Å²) in [6.45, 7) is 3.94. The molecule has 2 rings (SSSR count). The van der Waals surface area contributed by atoms with E-state index in [2.05, 4.69) is 20.6 Å². The van der Waals surface area contributed by atoms with Crippen molar-refractivity contribution in [2.75, 3.05) is 17.7 Å². The molecule has 0 bridgehead atoms. The molecule has 0 radical (unpaired) electrons. The highest BCUT2D eigenvalue weighted by Crippen LogP contribution is 2.41. The Kier molecular flexibility index (Phi) is 3.32. The van der Waals surface area contributed by atoms with Crippen molar-refractivity contribution in [1.29, 1.82) is 0 Å². The lowest BCUT2D eigenvalue weighted by Gasteiger charge is -2.27. The molecule has 0 atom stereocenters. The van der Waals surface area contributed by atoms with E-state index in [1.54, 1.807) is 0 Å². The maximum atomic E-state index is 12.7. The predicted octanol–water partition coefficient (Wildman–Crippen LogP) is 3.14. The second-order valence-corrected chi connectivity index (χ2v) is 5.33. The molecule has 1 heterocycles. The van der Waals surface area contributed by atoms with Gasteiger partial charge >= 0.3 is 6.18 Å². The Bertz CT molecular complexity index is 467. The van der Waals surface area contributed by atoms with Gasteiger partial charge in [-0.05, 0) is 32.6 Å². The van der Waals surface area contributed by atoms with Gasteiger partial charge in [0.05, 0.1) is 0 Å². The summed E-state index contributed by atoms with van der Waals surface area (Å²) in [4.78, 5) is 6.99. The molecule has 0 amide bonds. The van der Waals surface area contributed by atoms with E-state index in [4.69, 9.17) is 0 Å². The van der Waals surface area contributed by atoms with Gasteiger partial charge in [-0.1, -0.05) is 0 Å². The highest BCUT2D eigenvalue weighted by Gasteiger charge is 2.39. The third-order valence-corrected chi connectivity index (χ3v) is 3.28. The van der Waals surface area contributed by atoms with Crippen LogP contribution in [0.1, 0.15) is 32.5 Å². The van der Waals surface area contributed by atoms with Gasteiger partial charge in [0.2, 0.25) is 5.82 Å². The number of hydrogen-bond donors (Lipinski definition) is 2. The standard InChI is InChI=1S/C12H17F3N4/c1-11(2,7-4-5-7)19-9-6-8(16-3)17-10(18-9)12(13,14)15/h6-7H,4-5H2,1-3H3,(H2,16,17,18,19). The zero-order valence-electron chi connectivity index (χ0n) is 11.1. The molecule has 0 saturated heterocycles. The van der Waals surface area contributed by atoms with E-state index >= 15 is 0 Å². The van der Waals surface area contributed by atoms with Crippen LogP contribution >= 0.6 is 0 Å². The molecule has 19 heavy (non-hydrogen) atoms. The fourth-order valence-corrected chi connectivity index (χ4v) is 2.00. The number of alkyl halides is 3. The van der Waals surface area contributed by atoms with E-state index in [0.29, 0.717) is 5.92 Å². The molecular weight excluding hydrogens is 257 g/mol. The van der Waals surface area contributed by atoms with Gasteiger partial charge in [0.25, 0.3) is 0 Å². The largest absolute Gasteiger partial charge is 0.451 e. The van der Waals surface area contributed by atoms with Gasteiger partial charge in [0.15, 0.2) is 0 Å². The molecule has 1 saturated carbocycles. The zero-order valence-corrected chi connectivity index (χ0v) is 11.1. The Labute approximate surface area is 109 Å². The minimum absolute atomic E-state index is 0.149. The summed E-state index contributed by atoms with van der Waals surface area (Å²) in [6.07, 6.45) is -2.36. The number of aromatic nitrogens is 2. The van der Waals surface area contributed by atoms with Crippen LogP contribution in [0.5, 0.6) is 0 Å². The van der Waals surface area contributed by atoms with Gasteiger partial charge in [0, 0.05) is 18.7 Å². The first-order chi connectivity index (χ1) is 8.72. The molecule has 1 aromatic heterocycles. The SMILES string of the molecule is CNc1cc(NC(C)(C)C2CC2)nc(C(F)(F)F)n1. The predicted molar refractivity (Wildman–Crippen MR) is 67.0 cm³/mol. The highest BCUT2D eigenvalue weighted by molar-refractivity contribution is 5.49. The number of nitrogens with zero attached hydrogens (tertiary/aromatic N) is 2. The lowest BCUT2D eigenvalue weighted by Crippen LogP contribution is -2.34. The summed E-state index contributed by atoms with van der Waals surface area (Å²) in [5.41, 5.74) is -0.262. The fraction of sp³-hybridized carbons (Fsp3) is 0.667. The molecule has 0 aliphatic heterocycles. The Morgan fingerprint density at radius 1 is 1.16 bits per heavy atom. The minimum Gasteiger partial charge on any atom is -0.373 e. The molecule has 0 aromatic carbocycles. The second-order valence-electron chi connectivity index (χ2n) is 5.33. The lowest BCUT2D eigenvalue weighted by atomic mass is 9.99. The normalized spacial score (nSPS) is 16.3. The lowest BCUT2D eigenvalue weighted by molar-refractivity contribution is -0.144. The Balaban J connectivity index is 2.29. The topological polar surface area (TPSA) is 49.8 Å². The molecule has 1 aliphatic rings. The number of rotatable bonds is 4. The molecule has 106 valence electrons. The average Bonchev–Trinajstić information content (AvgIpc) is 3.10. The molecule has 0 unspecified atom stereocenters. The van der Waals surface area contributed by atoms with Crippen molar-refractivity contribution in [1.82, 2.24) is 9.97 Å². The minimum atomic E-state index is -4.55. The number of nitrogens with one attached hydrogen (secondary N) is 2. The smallest absolute Gasteiger partial charge is 0.373 e. The molecule has 1 aromatic rings. The zero-order chi connectivity index (χ0) is 14.3. The Hall–Kier alpha value is -1.53. The van der Waals surface area contributed by atoms with Crippen molar-refractivity contribution in [3.05, 3.63) is 11.9 Å². The van der Waals surface area contributed by atoms with Gasteiger partial charge in [0.1, 0.15) is 11.6 Å². The molecule has 2 N–H and O–H groups in total. The molecule has 7 heteroatoms. The van der Waals surface area contributed by atoms with Crippen LogP contribution < -0.4 is 10.6 Å². The third-order valence-electron chi connectivity index (χ3n) is 3.28. The first kappa shape index (κ1) is 13.9. The average molecular weight is 274 g/mol. The summed E-state index contributed by atoms with van der Waals surface area (Å²) in [6, 6.07) is 1.49. The summed E-state index contributed by atoms with van der Waals surface area (Å²) >= 11 is 0. The van der Waals surface area contributed by atoms with Crippen molar-refractivity contribution in [3.8, 4) is 0 Å². The van der Waals surface area contributed by atoms with Gasteiger partial charge in [-0.15, -0.1) is 0 Å². The van der Waals surface area contributed by atoms with Gasteiger partial charge in [-0.25, -0.2) is 9.97 Å². The monoisotopic (exact) mass is 274 g/mol. The van der Waals surface area contributed by atoms with E-state index in [9.17, 15) is 13.2 Å². The molecule has 4 nitrogen and oxygen atoms in total. The van der Waals surface area contributed by atoms with Crippen LogP contribution in [0.2, 0.25) is 0 Å². The van der Waals surface area contributed by atoms with E-state index in [1.807, 2.05) is 13.8 Å². The van der Waals surface area contributed by atoms with Crippen molar-refractivity contribution in [3.63, 3.8) is 0 Å². The van der Waals surface area contributed by atoms with Crippen LogP contribution in [0, 0.1) is 5.92 Å². The summed E-state index contributed by atoms with van der Waals surface area (Å²) in [5.74, 6) is -0.303. The van der Waals surface area contributed by atoms with E-state index in [-0.39, 0.29) is 17.2 Å². The summed E-state index contributed by atoms with van der Waals surface area (Å²) in [5, 5.41) is 5.70. The quantitative estimate of drug-likeness (QED) is 0.885. The summed E-state index contributed by atoms with van der Waals surface area (Å²) < 4.78 is 38.1. The first-order valence-corrected chi connectivity index (χ1v) is 6.14.